The number of allylic oxidation sites excluding steroid dienone is 2. The summed E-state index contributed by atoms with van der Waals surface area (Å²) in [4.78, 5) is 0. The lowest BCUT2D eigenvalue weighted by Crippen LogP contribution is -2.25. The Balaban J connectivity index is 2.23. The molecule has 0 bridgehead atoms. The highest BCUT2D eigenvalue weighted by atomic mass is 14.3. The maximum absolute atomic E-state index is 2.41. The maximum Gasteiger partial charge on any atom is -0.0203 e. The molecule has 0 atom stereocenters. The van der Waals surface area contributed by atoms with Crippen LogP contribution in [0.25, 0.3) is 0 Å². The van der Waals surface area contributed by atoms with Crippen molar-refractivity contribution in [2.45, 2.75) is 80.1 Å². The third-order valence-corrected chi connectivity index (χ3v) is 4.43. The molecule has 0 N–H and O–H groups in total. The van der Waals surface area contributed by atoms with E-state index in [0.717, 1.165) is 11.8 Å². The van der Waals surface area contributed by atoms with Crippen LogP contribution in [0.15, 0.2) is 12.2 Å². The molecular formula is C18H34. The van der Waals surface area contributed by atoms with Crippen LogP contribution < -0.4 is 0 Å². The highest BCUT2D eigenvalue weighted by Crippen LogP contribution is 2.40. The van der Waals surface area contributed by atoms with Crippen LogP contribution in [-0.4, -0.2) is 0 Å². The fourth-order valence-corrected chi connectivity index (χ4v) is 3.09. The van der Waals surface area contributed by atoms with E-state index in [0.29, 0.717) is 10.8 Å². The number of hydrogen-bond donors (Lipinski definition) is 0. The van der Waals surface area contributed by atoms with E-state index in [9.17, 15) is 0 Å². The van der Waals surface area contributed by atoms with E-state index in [1.165, 1.54) is 38.5 Å². The minimum atomic E-state index is 0.351. The van der Waals surface area contributed by atoms with E-state index in [4.69, 9.17) is 0 Å². The van der Waals surface area contributed by atoms with Gasteiger partial charge >= 0.3 is 0 Å². The molecule has 0 spiro atoms. The van der Waals surface area contributed by atoms with Gasteiger partial charge in [0.2, 0.25) is 0 Å². The normalized spacial score (nSPS) is 26.8. The van der Waals surface area contributed by atoms with E-state index in [1.54, 1.807) is 0 Å². The third kappa shape index (κ3) is 6.07. The first kappa shape index (κ1) is 15.8. The molecule has 0 aliphatic heterocycles. The molecule has 0 aromatic heterocycles. The molecule has 0 heterocycles. The molecular weight excluding hydrogens is 216 g/mol. The van der Waals surface area contributed by atoms with E-state index in [2.05, 4.69) is 53.7 Å². The smallest absolute Gasteiger partial charge is 0.0203 e. The fourth-order valence-electron chi connectivity index (χ4n) is 3.09. The maximum atomic E-state index is 2.41. The minimum absolute atomic E-state index is 0.351. The summed E-state index contributed by atoms with van der Waals surface area (Å²) in [5.41, 5.74) is 0.876. The Hall–Kier alpha value is -0.260. The van der Waals surface area contributed by atoms with Gasteiger partial charge in [-0.2, -0.15) is 0 Å². The Morgan fingerprint density at radius 2 is 1.44 bits per heavy atom. The van der Waals surface area contributed by atoms with Crippen molar-refractivity contribution in [1.82, 2.24) is 0 Å². The highest BCUT2D eigenvalue weighted by Gasteiger charge is 2.29. The van der Waals surface area contributed by atoms with Gasteiger partial charge < -0.3 is 0 Å². The lowest BCUT2D eigenvalue weighted by molar-refractivity contribution is 0.147. The van der Waals surface area contributed by atoms with E-state index < -0.39 is 0 Å². The van der Waals surface area contributed by atoms with Gasteiger partial charge in [0.15, 0.2) is 0 Å². The van der Waals surface area contributed by atoms with Gasteiger partial charge in [0.1, 0.15) is 0 Å². The summed E-state index contributed by atoms with van der Waals surface area (Å²) in [7, 11) is 0. The standard InChI is InChI=1S/C18H34/c1-17(2,3)14-8-7-9-15-10-12-16(13-11-15)18(4,5)6/h8,14-16H,7,9-13H2,1-6H3/b14-8+. The SMILES string of the molecule is CC(C)(C)/C=C/CCC1CCC(C(C)(C)C)CC1. The summed E-state index contributed by atoms with van der Waals surface area (Å²) in [5.74, 6) is 1.95. The van der Waals surface area contributed by atoms with E-state index in [1.807, 2.05) is 0 Å². The zero-order valence-corrected chi connectivity index (χ0v) is 13.6. The van der Waals surface area contributed by atoms with Crippen LogP contribution in [-0.2, 0) is 0 Å². The summed E-state index contributed by atoms with van der Waals surface area (Å²) in [5, 5.41) is 0. The quantitative estimate of drug-likeness (QED) is 0.521. The Bertz CT molecular complexity index is 251. The predicted molar refractivity (Wildman–Crippen MR) is 82.7 cm³/mol. The first-order chi connectivity index (χ1) is 8.18. The molecule has 0 heteroatoms. The summed E-state index contributed by atoms with van der Waals surface area (Å²) in [6.45, 7) is 14.0. The molecule has 1 rings (SSSR count). The molecule has 0 aromatic carbocycles. The first-order valence-electron chi connectivity index (χ1n) is 7.86. The van der Waals surface area contributed by atoms with Gasteiger partial charge in [-0.3, -0.25) is 0 Å². The van der Waals surface area contributed by atoms with Gasteiger partial charge in [-0.05, 0) is 48.3 Å². The van der Waals surface area contributed by atoms with E-state index in [-0.39, 0.29) is 0 Å². The largest absolute Gasteiger partial charge is 0.0880 e. The van der Waals surface area contributed by atoms with Crippen molar-refractivity contribution < 1.29 is 0 Å². The molecule has 0 nitrogen and oxygen atoms in total. The Kier molecular flexibility index (Phi) is 5.49. The third-order valence-electron chi connectivity index (χ3n) is 4.43. The monoisotopic (exact) mass is 250 g/mol. The average molecular weight is 250 g/mol. The van der Waals surface area contributed by atoms with Crippen molar-refractivity contribution in [3.05, 3.63) is 12.2 Å². The molecule has 1 aliphatic rings. The van der Waals surface area contributed by atoms with Gasteiger partial charge in [-0.1, -0.05) is 66.5 Å². The second-order valence-corrected chi connectivity index (χ2v) is 8.43. The lowest BCUT2D eigenvalue weighted by atomic mass is 9.69. The van der Waals surface area contributed by atoms with Crippen molar-refractivity contribution in [2.75, 3.05) is 0 Å². The van der Waals surface area contributed by atoms with Gasteiger partial charge in [0.05, 0.1) is 0 Å². The zero-order valence-electron chi connectivity index (χ0n) is 13.6. The van der Waals surface area contributed by atoms with Crippen LogP contribution in [0.2, 0.25) is 0 Å². The summed E-state index contributed by atoms with van der Waals surface area (Å²) in [6, 6.07) is 0. The summed E-state index contributed by atoms with van der Waals surface area (Å²) < 4.78 is 0. The fraction of sp³-hybridized carbons (Fsp3) is 0.889. The topological polar surface area (TPSA) is 0 Å². The molecule has 0 saturated heterocycles. The average Bonchev–Trinajstić information content (AvgIpc) is 2.22. The van der Waals surface area contributed by atoms with Crippen molar-refractivity contribution >= 4 is 0 Å². The molecule has 0 amide bonds. The molecule has 0 radical (unpaired) electrons. The van der Waals surface area contributed by atoms with Crippen LogP contribution in [0.3, 0.4) is 0 Å². The number of rotatable bonds is 3. The molecule has 1 saturated carbocycles. The molecule has 1 fully saturated rings. The van der Waals surface area contributed by atoms with Gasteiger partial charge in [0.25, 0.3) is 0 Å². The number of hydrogen-bond acceptors (Lipinski definition) is 0. The van der Waals surface area contributed by atoms with Gasteiger partial charge in [-0.15, -0.1) is 0 Å². The Morgan fingerprint density at radius 3 is 1.89 bits per heavy atom. The highest BCUT2D eigenvalue weighted by molar-refractivity contribution is 4.92. The van der Waals surface area contributed by atoms with Crippen molar-refractivity contribution in [2.24, 2.45) is 22.7 Å². The molecule has 1 aliphatic carbocycles. The van der Waals surface area contributed by atoms with Crippen LogP contribution in [0, 0.1) is 22.7 Å². The zero-order chi connectivity index (χ0) is 13.8. The van der Waals surface area contributed by atoms with E-state index >= 15 is 0 Å². The predicted octanol–water partition coefficient (Wildman–Crippen LogP) is 6.22. The van der Waals surface area contributed by atoms with Crippen LogP contribution in [0.4, 0.5) is 0 Å². The lowest BCUT2D eigenvalue weighted by Gasteiger charge is -2.37. The van der Waals surface area contributed by atoms with Crippen molar-refractivity contribution in [1.29, 1.82) is 0 Å². The van der Waals surface area contributed by atoms with Crippen LogP contribution in [0.1, 0.15) is 80.1 Å². The summed E-state index contributed by atoms with van der Waals surface area (Å²) >= 11 is 0. The molecule has 106 valence electrons. The van der Waals surface area contributed by atoms with Crippen molar-refractivity contribution in [3.63, 3.8) is 0 Å². The minimum Gasteiger partial charge on any atom is -0.0880 e. The first-order valence-corrected chi connectivity index (χ1v) is 7.86. The van der Waals surface area contributed by atoms with Crippen molar-refractivity contribution in [3.8, 4) is 0 Å². The van der Waals surface area contributed by atoms with Gasteiger partial charge in [-0.25, -0.2) is 0 Å². The molecule has 0 aromatic rings. The summed E-state index contributed by atoms with van der Waals surface area (Å²) in [6.07, 6.45) is 13.3. The molecule has 0 unspecified atom stereocenters. The Morgan fingerprint density at radius 1 is 0.889 bits per heavy atom. The van der Waals surface area contributed by atoms with Crippen LogP contribution in [0.5, 0.6) is 0 Å². The second-order valence-electron chi connectivity index (χ2n) is 8.43. The molecule has 18 heavy (non-hydrogen) atoms. The van der Waals surface area contributed by atoms with Crippen LogP contribution >= 0.6 is 0 Å². The Labute approximate surface area is 115 Å². The second kappa shape index (κ2) is 6.26. The van der Waals surface area contributed by atoms with Gasteiger partial charge in [0, 0.05) is 0 Å².